The average Bonchev–Trinajstić information content (AvgIpc) is 3.95. The molecule has 2 amide bonds. The molecule has 384 valence electrons. The summed E-state index contributed by atoms with van der Waals surface area (Å²) in [6, 6.07) is 46.9. The van der Waals surface area contributed by atoms with Crippen molar-refractivity contribution in [2.75, 3.05) is 45.5 Å². The number of amides is 2. The fourth-order valence-electron chi connectivity index (χ4n) is 6.75. The SMILES string of the molecule is C.CCO.CCOc1ccc(/C=N/NC(=O)CSc2nc3ccccc3n2Cc2ccccc2)cc1OC.CCOc1ccc(C=O)cc1OC.NNC(=O)CSc1nc2ccccc2n1Cc1ccccc1.[H+]. The molecular formula is C55H65N8O8S2+. The van der Waals surface area contributed by atoms with Crippen molar-refractivity contribution in [3.8, 4) is 23.0 Å². The maximum absolute atomic E-state index is 12.4. The number of hydrazine groups is 1. The second-order valence-electron chi connectivity index (χ2n) is 15.0. The third-order valence-electron chi connectivity index (χ3n) is 9.95. The molecule has 0 atom stereocenters. The Bertz CT molecular complexity index is 2980. The summed E-state index contributed by atoms with van der Waals surface area (Å²) in [5.74, 6) is 7.68. The van der Waals surface area contributed by atoms with Crippen LogP contribution in [0, 0.1) is 0 Å². The normalized spacial score (nSPS) is 10.3. The Hall–Kier alpha value is -7.64. The monoisotopic (exact) mass is 1030 g/mol. The van der Waals surface area contributed by atoms with E-state index in [1.54, 1.807) is 51.6 Å². The zero-order valence-electron chi connectivity index (χ0n) is 41.9. The Morgan fingerprint density at radius 2 is 1.07 bits per heavy atom. The van der Waals surface area contributed by atoms with Gasteiger partial charge in [-0.25, -0.2) is 21.2 Å². The zero-order chi connectivity index (χ0) is 51.5. The molecule has 0 saturated carbocycles. The van der Waals surface area contributed by atoms with Gasteiger partial charge < -0.3 is 33.2 Å². The van der Waals surface area contributed by atoms with Crippen molar-refractivity contribution in [2.24, 2.45) is 10.9 Å². The third kappa shape index (κ3) is 17.9. The fraction of sp³-hybridized carbons (Fsp3) is 0.236. The number of nitrogens with one attached hydrogen (secondary N) is 2. The number of rotatable bonds is 19. The van der Waals surface area contributed by atoms with Crippen LogP contribution in [-0.4, -0.2) is 94.1 Å². The quantitative estimate of drug-likeness (QED) is 0.0149. The number of aromatic nitrogens is 4. The van der Waals surface area contributed by atoms with Crippen molar-refractivity contribution in [2.45, 2.75) is 51.6 Å². The first-order chi connectivity index (χ1) is 35.2. The molecule has 2 aromatic heterocycles. The minimum Gasteiger partial charge on any atom is -0.493 e. The molecule has 18 heteroatoms. The number of ether oxygens (including phenoxy) is 4. The molecule has 8 rings (SSSR count). The number of benzene rings is 6. The van der Waals surface area contributed by atoms with Gasteiger partial charge in [-0.3, -0.25) is 19.8 Å². The molecule has 0 aliphatic heterocycles. The van der Waals surface area contributed by atoms with Gasteiger partial charge >= 0.3 is 1.43 Å². The van der Waals surface area contributed by atoms with E-state index in [0.29, 0.717) is 54.9 Å². The van der Waals surface area contributed by atoms with Crippen molar-refractivity contribution < 1.29 is 39.9 Å². The van der Waals surface area contributed by atoms with Gasteiger partial charge in [0.1, 0.15) is 6.29 Å². The van der Waals surface area contributed by atoms with E-state index >= 15 is 0 Å². The van der Waals surface area contributed by atoms with Gasteiger partial charge in [0.25, 0.3) is 5.91 Å². The summed E-state index contributed by atoms with van der Waals surface area (Å²) in [6.45, 7) is 8.27. The number of thioether (sulfide) groups is 2. The van der Waals surface area contributed by atoms with Gasteiger partial charge in [0.2, 0.25) is 5.91 Å². The first-order valence-electron chi connectivity index (χ1n) is 22.9. The molecule has 0 fully saturated rings. The van der Waals surface area contributed by atoms with Crippen LogP contribution in [0.2, 0.25) is 0 Å². The number of methoxy groups -OCH3 is 2. The average molecular weight is 1030 g/mol. The summed E-state index contributed by atoms with van der Waals surface area (Å²) in [6.07, 6.45) is 2.35. The molecule has 73 heavy (non-hydrogen) atoms. The van der Waals surface area contributed by atoms with E-state index in [-0.39, 0.29) is 38.8 Å². The lowest BCUT2D eigenvalue weighted by Crippen LogP contribution is -2.31. The van der Waals surface area contributed by atoms with Gasteiger partial charge in [-0.05, 0) is 98.1 Å². The first-order valence-corrected chi connectivity index (χ1v) is 24.9. The molecule has 0 saturated heterocycles. The predicted octanol–water partition coefficient (Wildman–Crippen LogP) is 9.55. The van der Waals surface area contributed by atoms with E-state index < -0.39 is 0 Å². The maximum Gasteiger partial charge on any atom is 1.00 e. The number of para-hydroxylation sites is 4. The molecule has 0 unspecified atom stereocenters. The van der Waals surface area contributed by atoms with Crippen LogP contribution in [0.25, 0.3) is 22.1 Å². The summed E-state index contributed by atoms with van der Waals surface area (Å²) in [7, 11) is 3.13. The molecule has 0 aliphatic rings. The number of carbonyl (C=O) groups excluding carboxylic acids is 3. The van der Waals surface area contributed by atoms with Gasteiger partial charge in [-0.1, -0.05) is 116 Å². The minimum atomic E-state index is -0.219. The number of hydrogen-bond donors (Lipinski definition) is 4. The number of hydrazone groups is 1. The van der Waals surface area contributed by atoms with E-state index in [9.17, 15) is 14.4 Å². The van der Waals surface area contributed by atoms with Crippen molar-refractivity contribution in [1.82, 2.24) is 30.0 Å². The highest BCUT2D eigenvalue weighted by Gasteiger charge is 2.15. The van der Waals surface area contributed by atoms with E-state index in [1.807, 2.05) is 111 Å². The highest BCUT2D eigenvalue weighted by Crippen LogP contribution is 2.30. The molecule has 5 N–H and O–H groups in total. The maximum atomic E-state index is 12.4. The van der Waals surface area contributed by atoms with Gasteiger partial charge in [0.05, 0.1) is 80.3 Å². The van der Waals surface area contributed by atoms with Crippen LogP contribution in [0.15, 0.2) is 161 Å². The number of fused-ring (bicyclic) bond motifs is 2. The van der Waals surface area contributed by atoms with E-state index in [1.165, 1.54) is 34.7 Å². The number of aliphatic hydroxyl groups is 1. The topological polar surface area (TPSA) is 206 Å². The van der Waals surface area contributed by atoms with Crippen LogP contribution in [0.5, 0.6) is 23.0 Å². The smallest absolute Gasteiger partial charge is 0.493 e. The summed E-state index contributed by atoms with van der Waals surface area (Å²) in [5.41, 5.74) is 12.4. The number of carbonyl (C=O) groups is 3. The van der Waals surface area contributed by atoms with Crippen LogP contribution in [0.1, 0.15) is 56.7 Å². The predicted molar refractivity (Wildman–Crippen MR) is 294 cm³/mol. The Balaban J connectivity index is 0.000000309. The Morgan fingerprint density at radius 1 is 0.644 bits per heavy atom. The Morgan fingerprint density at radius 3 is 1.51 bits per heavy atom. The molecule has 0 spiro atoms. The highest BCUT2D eigenvalue weighted by molar-refractivity contribution is 8.00. The van der Waals surface area contributed by atoms with E-state index in [4.69, 9.17) is 34.9 Å². The molecule has 16 nitrogen and oxygen atoms in total. The second-order valence-corrected chi connectivity index (χ2v) is 16.9. The molecular weight excluding hydrogens is 965 g/mol. The Kier molecular flexibility index (Phi) is 25.1. The first kappa shape index (κ1) is 57.9. The summed E-state index contributed by atoms with van der Waals surface area (Å²) in [4.78, 5) is 43.6. The van der Waals surface area contributed by atoms with Crippen molar-refractivity contribution in [1.29, 1.82) is 0 Å². The lowest BCUT2D eigenvalue weighted by atomic mass is 10.2. The standard InChI is InChI=1S/C26H26N4O3S.C16H16N4OS.C10H12O3.C2H6O.CH4/c1-3-33-23-14-13-20(15-24(23)32-2)16-27-29-25(31)18-34-26-28-21-11-7-8-12-22(21)30(26)17-19-9-5-4-6-10-19;17-19-15(21)11-22-16-18-13-8-4-5-9-14(13)20(16)10-12-6-2-1-3-7-12;1-3-13-9-5-4-8(7-11)6-10(9)12-2;1-2-3;/h4-16H,3,17-18H2,1-2H3,(H,29,31);1-9H,10-11,17H2,(H,19,21);4-7H,3H2,1-2H3;3H,2H2,1H3;1H4/p+1/b27-16+;;;;. The number of aliphatic hydroxyl groups excluding tert-OH is 1. The molecule has 2 heterocycles. The van der Waals surface area contributed by atoms with Gasteiger partial charge in [-0.2, -0.15) is 5.10 Å². The summed E-state index contributed by atoms with van der Waals surface area (Å²) >= 11 is 2.77. The van der Waals surface area contributed by atoms with Crippen LogP contribution in [-0.2, 0) is 22.7 Å². The van der Waals surface area contributed by atoms with Crippen molar-refractivity contribution in [3.05, 3.63) is 168 Å². The number of nitrogens with two attached hydrogens (primary N) is 1. The van der Waals surface area contributed by atoms with Gasteiger partial charge in [-0.15, -0.1) is 0 Å². The summed E-state index contributed by atoms with van der Waals surface area (Å²) < 4.78 is 25.5. The molecule has 0 aliphatic carbocycles. The number of imidazole rings is 2. The molecule has 0 bridgehead atoms. The lowest BCUT2D eigenvalue weighted by Gasteiger charge is -2.09. The van der Waals surface area contributed by atoms with Crippen LogP contribution in [0.4, 0.5) is 0 Å². The number of nitrogens with zero attached hydrogens (tertiary/aromatic N) is 5. The largest absolute Gasteiger partial charge is 1.00 e. The van der Waals surface area contributed by atoms with Crippen LogP contribution >= 0.6 is 23.5 Å². The zero-order valence-corrected chi connectivity index (χ0v) is 42.5. The van der Waals surface area contributed by atoms with Crippen LogP contribution < -0.4 is 35.6 Å². The van der Waals surface area contributed by atoms with Gasteiger partial charge in [0.15, 0.2) is 33.3 Å². The summed E-state index contributed by atoms with van der Waals surface area (Å²) in [5, 5.41) is 13.3. The highest BCUT2D eigenvalue weighted by atomic mass is 32.2. The fourth-order valence-corrected chi connectivity index (χ4v) is 8.38. The van der Waals surface area contributed by atoms with Crippen molar-refractivity contribution in [3.63, 3.8) is 0 Å². The number of hydrogen-bond acceptors (Lipinski definition) is 14. The molecule has 6 aromatic carbocycles. The minimum absolute atomic E-state index is 0. The lowest BCUT2D eigenvalue weighted by molar-refractivity contribution is -0.119. The number of aldehydes is 1. The van der Waals surface area contributed by atoms with Crippen molar-refractivity contribution >= 4 is 69.9 Å². The van der Waals surface area contributed by atoms with Gasteiger partial charge in [0, 0.05) is 12.2 Å². The molecule has 8 aromatic rings. The second kappa shape index (κ2) is 31.6. The third-order valence-corrected chi connectivity index (χ3v) is 11.9. The molecule has 0 radical (unpaired) electrons. The van der Waals surface area contributed by atoms with E-state index in [2.05, 4.69) is 54.3 Å². The Labute approximate surface area is 436 Å². The van der Waals surface area contributed by atoms with E-state index in [0.717, 1.165) is 44.2 Å². The van der Waals surface area contributed by atoms with Crippen LogP contribution in [0.3, 0.4) is 0 Å².